The summed E-state index contributed by atoms with van der Waals surface area (Å²) in [5, 5.41) is 0. The highest BCUT2D eigenvalue weighted by atomic mass is 32.2. The van der Waals surface area contributed by atoms with E-state index in [-0.39, 0.29) is 28.1 Å². The molecule has 3 aromatic carbocycles. The Morgan fingerprint density at radius 3 is 2.03 bits per heavy atom. The molecule has 0 unspecified atom stereocenters. The molecule has 0 bridgehead atoms. The Hall–Kier alpha value is -3.64. The standard InChI is InChI=1S/C26H23NO4S/c1-27(18-20-12-14-22(15-13-20)21-8-4-2-5-9-21)26(28)25-17-16-23(31-25)19-32(29,30)24-10-6-3-7-11-24/h2-17H,18-19H2,1H3. The van der Waals surface area contributed by atoms with E-state index in [0.717, 1.165) is 16.7 Å². The number of carbonyl (C=O) groups excluding carboxylic acids is 1. The van der Waals surface area contributed by atoms with E-state index >= 15 is 0 Å². The molecule has 6 heteroatoms. The van der Waals surface area contributed by atoms with Crippen molar-refractivity contribution in [1.82, 2.24) is 4.90 Å². The van der Waals surface area contributed by atoms with Gasteiger partial charge in [0.1, 0.15) is 11.5 Å². The number of furan rings is 1. The fourth-order valence-corrected chi connectivity index (χ4v) is 4.70. The average Bonchev–Trinajstić information content (AvgIpc) is 3.28. The summed E-state index contributed by atoms with van der Waals surface area (Å²) in [5.41, 5.74) is 3.23. The molecule has 4 rings (SSSR count). The summed E-state index contributed by atoms with van der Waals surface area (Å²) in [6.45, 7) is 0.409. The summed E-state index contributed by atoms with van der Waals surface area (Å²) in [5.74, 6) is -0.250. The summed E-state index contributed by atoms with van der Waals surface area (Å²) < 4.78 is 30.6. The molecule has 4 aromatic rings. The summed E-state index contributed by atoms with van der Waals surface area (Å²) in [4.78, 5) is 14.5. The van der Waals surface area contributed by atoms with E-state index in [0.29, 0.717) is 6.54 Å². The fourth-order valence-electron chi connectivity index (χ4n) is 3.44. The third-order valence-electron chi connectivity index (χ3n) is 5.13. The zero-order chi connectivity index (χ0) is 22.6. The lowest BCUT2D eigenvalue weighted by Crippen LogP contribution is -2.25. The van der Waals surface area contributed by atoms with Crippen molar-refractivity contribution < 1.29 is 17.6 Å². The van der Waals surface area contributed by atoms with Crippen LogP contribution in [0.1, 0.15) is 21.9 Å². The Kier molecular flexibility index (Phi) is 6.23. The second-order valence-electron chi connectivity index (χ2n) is 7.56. The molecular weight excluding hydrogens is 422 g/mol. The van der Waals surface area contributed by atoms with Crippen LogP contribution in [-0.2, 0) is 22.1 Å². The van der Waals surface area contributed by atoms with Crippen LogP contribution in [0.25, 0.3) is 11.1 Å². The predicted molar refractivity (Wildman–Crippen MR) is 124 cm³/mol. The van der Waals surface area contributed by atoms with Crippen molar-refractivity contribution in [2.75, 3.05) is 7.05 Å². The Labute approximate surface area is 187 Å². The minimum Gasteiger partial charge on any atom is -0.455 e. The maximum Gasteiger partial charge on any atom is 0.289 e. The lowest BCUT2D eigenvalue weighted by Gasteiger charge is -2.16. The Bertz CT molecular complexity index is 1290. The normalized spacial score (nSPS) is 11.3. The molecule has 0 N–H and O–H groups in total. The van der Waals surface area contributed by atoms with Crippen molar-refractivity contribution in [1.29, 1.82) is 0 Å². The first-order chi connectivity index (χ1) is 15.4. The SMILES string of the molecule is CN(Cc1ccc(-c2ccccc2)cc1)C(=O)c1ccc(CS(=O)(=O)c2ccccc2)o1. The molecule has 5 nitrogen and oxygen atoms in total. The zero-order valence-corrected chi connectivity index (χ0v) is 18.5. The molecule has 0 aliphatic heterocycles. The summed E-state index contributed by atoms with van der Waals surface area (Å²) >= 11 is 0. The summed E-state index contributed by atoms with van der Waals surface area (Å²) in [6, 6.07) is 29.4. The van der Waals surface area contributed by atoms with Gasteiger partial charge in [-0.2, -0.15) is 0 Å². The lowest BCUT2D eigenvalue weighted by atomic mass is 10.0. The molecular formula is C26H23NO4S. The lowest BCUT2D eigenvalue weighted by molar-refractivity contribution is 0.0752. The molecule has 1 heterocycles. The smallest absolute Gasteiger partial charge is 0.289 e. The molecule has 0 fully saturated rings. The zero-order valence-electron chi connectivity index (χ0n) is 17.6. The molecule has 0 aliphatic carbocycles. The van der Waals surface area contributed by atoms with Gasteiger partial charge in [0.2, 0.25) is 0 Å². The molecule has 1 aromatic heterocycles. The highest BCUT2D eigenvalue weighted by Gasteiger charge is 2.21. The minimum absolute atomic E-state index is 0.117. The van der Waals surface area contributed by atoms with Crippen LogP contribution >= 0.6 is 0 Å². The van der Waals surface area contributed by atoms with Crippen molar-refractivity contribution in [3.63, 3.8) is 0 Å². The van der Waals surface area contributed by atoms with Gasteiger partial charge in [0.15, 0.2) is 15.6 Å². The van der Waals surface area contributed by atoms with Crippen LogP contribution in [-0.4, -0.2) is 26.3 Å². The second kappa shape index (κ2) is 9.24. The number of benzene rings is 3. The van der Waals surface area contributed by atoms with Gasteiger partial charge in [-0.1, -0.05) is 72.8 Å². The molecule has 1 amide bonds. The van der Waals surface area contributed by atoms with Crippen LogP contribution in [0.2, 0.25) is 0 Å². The minimum atomic E-state index is -3.54. The van der Waals surface area contributed by atoms with E-state index in [9.17, 15) is 13.2 Å². The van der Waals surface area contributed by atoms with Crippen molar-refractivity contribution in [2.45, 2.75) is 17.2 Å². The van der Waals surface area contributed by atoms with Crippen molar-refractivity contribution in [3.8, 4) is 11.1 Å². The summed E-state index contributed by atoms with van der Waals surface area (Å²) in [6.07, 6.45) is 0. The largest absolute Gasteiger partial charge is 0.455 e. The van der Waals surface area contributed by atoms with E-state index in [1.54, 1.807) is 42.3 Å². The highest BCUT2D eigenvalue weighted by molar-refractivity contribution is 7.90. The molecule has 0 spiro atoms. The van der Waals surface area contributed by atoms with Gasteiger partial charge in [0.25, 0.3) is 5.91 Å². The Balaban J connectivity index is 1.41. The molecule has 162 valence electrons. The third-order valence-corrected chi connectivity index (χ3v) is 6.79. The summed E-state index contributed by atoms with van der Waals surface area (Å²) in [7, 11) is -1.85. The van der Waals surface area contributed by atoms with E-state index in [4.69, 9.17) is 4.42 Å². The van der Waals surface area contributed by atoms with Crippen LogP contribution in [0.5, 0.6) is 0 Å². The Morgan fingerprint density at radius 1 is 0.781 bits per heavy atom. The third kappa shape index (κ3) is 4.98. The van der Waals surface area contributed by atoms with Crippen LogP contribution < -0.4 is 0 Å². The van der Waals surface area contributed by atoms with Gasteiger partial charge in [-0.3, -0.25) is 4.79 Å². The van der Waals surface area contributed by atoms with Gasteiger partial charge in [0.05, 0.1) is 4.90 Å². The number of hydrogen-bond acceptors (Lipinski definition) is 4. The van der Waals surface area contributed by atoms with Gasteiger partial charge in [-0.25, -0.2) is 8.42 Å². The van der Waals surface area contributed by atoms with E-state index in [1.807, 2.05) is 42.5 Å². The van der Waals surface area contributed by atoms with Crippen LogP contribution in [0.3, 0.4) is 0 Å². The van der Waals surface area contributed by atoms with E-state index in [1.165, 1.54) is 12.1 Å². The molecule has 0 aliphatic rings. The van der Waals surface area contributed by atoms with Crippen LogP contribution in [0.4, 0.5) is 0 Å². The van der Waals surface area contributed by atoms with Crippen molar-refractivity contribution in [3.05, 3.63) is 114 Å². The van der Waals surface area contributed by atoms with Gasteiger partial charge in [-0.05, 0) is 41.0 Å². The molecule has 32 heavy (non-hydrogen) atoms. The van der Waals surface area contributed by atoms with Crippen molar-refractivity contribution in [2.24, 2.45) is 0 Å². The second-order valence-corrected chi connectivity index (χ2v) is 9.55. The quantitative estimate of drug-likeness (QED) is 0.392. The molecule has 0 radical (unpaired) electrons. The van der Waals surface area contributed by atoms with Gasteiger partial charge in [-0.15, -0.1) is 0 Å². The highest BCUT2D eigenvalue weighted by Crippen LogP contribution is 2.21. The van der Waals surface area contributed by atoms with Gasteiger partial charge < -0.3 is 9.32 Å². The van der Waals surface area contributed by atoms with Crippen molar-refractivity contribution >= 4 is 15.7 Å². The molecule has 0 saturated heterocycles. The number of hydrogen-bond donors (Lipinski definition) is 0. The first kappa shape index (κ1) is 21.6. The topological polar surface area (TPSA) is 67.6 Å². The number of rotatable bonds is 7. The van der Waals surface area contributed by atoms with E-state index < -0.39 is 9.84 Å². The Morgan fingerprint density at radius 2 is 1.38 bits per heavy atom. The average molecular weight is 446 g/mol. The monoisotopic (exact) mass is 445 g/mol. The molecule has 0 atom stereocenters. The van der Waals surface area contributed by atoms with Crippen LogP contribution in [0, 0.1) is 0 Å². The molecule has 0 saturated carbocycles. The first-order valence-electron chi connectivity index (χ1n) is 10.2. The maximum absolute atomic E-state index is 12.8. The number of sulfone groups is 1. The van der Waals surface area contributed by atoms with E-state index in [2.05, 4.69) is 12.1 Å². The van der Waals surface area contributed by atoms with Crippen LogP contribution in [0.15, 0.2) is 106 Å². The first-order valence-corrected chi connectivity index (χ1v) is 11.8. The number of nitrogens with zero attached hydrogens (tertiary/aromatic N) is 1. The maximum atomic E-state index is 12.8. The van der Waals surface area contributed by atoms with Gasteiger partial charge >= 0.3 is 0 Å². The van der Waals surface area contributed by atoms with Gasteiger partial charge in [0, 0.05) is 13.6 Å². The number of amides is 1. The predicted octanol–water partition coefficient (Wildman–Crippen LogP) is 5.19. The fraction of sp³-hybridized carbons (Fsp3) is 0.115. The number of carbonyl (C=O) groups is 1.